The standard InChI is InChI=1S/C13H22O5/c1-17-12(15)4-2-3-5-13(16)18-11-8-6-10(14)7-9-11/h10-11,14H,2-9H2,1H3. The minimum atomic E-state index is -0.246. The Morgan fingerprint density at radius 2 is 1.61 bits per heavy atom. The number of hydrogen-bond donors (Lipinski definition) is 1. The average Bonchev–Trinajstić information content (AvgIpc) is 2.37. The molecule has 0 amide bonds. The van der Waals surface area contributed by atoms with E-state index >= 15 is 0 Å². The summed E-state index contributed by atoms with van der Waals surface area (Å²) in [5.74, 6) is -0.453. The van der Waals surface area contributed by atoms with Crippen molar-refractivity contribution >= 4 is 11.9 Å². The topological polar surface area (TPSA) is 72.8 Å². The van der Waals surface area contributed by atoms with Crippen LogP contribution in [0.5, 0.6) is 0 Å². The van der Waals surface area contributed by atoms with Gasteiger partial charge < -0.3 is 14.6 Å². The summed E-state index contributed by atoms with van der Waals surface area (Å²) in [6, 6.07) is 0. The Hall–Kier alpha value is -1.10. The molecule has 1 N–H and O–H groups in total. The minimum Gasteiger partial charge on any atom is -0.469 e. The van der Waals surface area contributed by atoms with Crippen molar-refractivity contribution in [3.05, 3.63) is 0 Å². The van der Waals surface area contributed by atoms with Crippen molar-refractivity contribution in [2.24, 2.45) is 0 Å². The zero-order valence-electron chi connectivity index (χ0n) is 10.9. The van der Waals surface area contributed by atoms with Crippen LogP contribution in [0.15, 0.2) is 0 Å². The van der Waals surface area contributed by atoms with Gasteiger partial charge in [0.1, 0.15) is 6.10 Å². The molecule has 1 aliphatic rings. The van der Waals surface area contributed by atoms with Crippen LogP contribution in [0.2, 0.25) is 0 Å². The van der Waals surface area contributed by atoms with Gasteiger partial charge in [0.25, 0.3) is 0 Å². The molecule has 0 spiro atoms. The number of aliphatic hydroxyl groups excluding tert-OH is 1. The molecule has 1 aliphatic carbocycles. The molecular formula is C13H22O5. The normalized spacial score (nSPS) is 23.4. The van der Waals surface area contributed by atoms with E-state index in [1.807, 2.05) is 0 Å². The van der Waals surface area contributed by atoms with E-state index in [2.05, 4.69) is 4.74 Å². The summed E-state index contributed by atoms with van der Waals surface area (Å²) in [6.45, 7) is 0. The number of hydrogen-bond acceptors (Lipinski definition) is 5. The fourth-order valence-corrected chi connectivity index (χ4v) is 2.05. The third kappa shape index (κ3) is 6.00. The van der Waals surface area contributed by atoms with Gasteiger partial charge in [-0.25, -0.2) is 0 Å². The molecule has 1 rings (SSSR count). The SMILES string of the molecule is COC(=O)CCCCC(=O)OC1CCC(O)CC1. The number of esters is 2. The van der Waals surface area contributed by atoms with Gasteiger partial charge in [0.2, 0.25) is 0 Å². The van der Waals surface area contributed by atoms with Gasteiger partial charge in [-0.05, 0) is 38.5 Å². The maximum Gasteiger partial charge on any atom is 0.306 e. The van der Waals surface area contributed by atoms with E-state index in [0.717, 1.165) is 12.8 Å². The van der Waals surface area contributed by atoms with Gasteiger partial charge in [-0.15, -0.1) is 0 Å². The average molecular weight is 258 g/mol. The maximum atomic E-state index is 11.5. The molecule has 0 saturated heterocycles. The maximum absolute atomic E-state index is 11.5. The quantitative estimate of drug-likeness (QED) is 0.578. The van der Waals surface area contributed by atoms with Crippen molar-refractivity contribution in [2.75, 3.05) is 7.11 Å². The molecule has 0 bridgehead atoms. The summed E-state index contributed by atoms with van der Waals surface area (Å²) < 4.78 is 9.82. The highest BCUT2D eigenvalue weighted by molar-refractivity contribution is 5.70. The molecule has 0 heterocycles. The van der Waals surface area contributed by atoms with Gasteiger partial charge in [0.05, 0.1) is 13.2 Å². The number of ether oxygens (including phenoxy) is 2. The lowest BCUT2D eigenvalue weighted by atomic mass is 9.95. The van der Waals surface area contributed by atoms with Crippen LogP contribution in [0.1, 0.15) is 51.4 Å². The second kappa shape index (κ2) is 8.08. The van der Waals surface area contributed by atoms with Gasteiger partial charge in [0, 0.05) is 12.8 Å². The van der Waals surface area contributed by atoms with E-state index in [-0.39, 0.29) is 24.1 Å². The molecule has 0 aromatic carbocycles. The molecule has 0 atom stereocenters. The summed E-state index contributed by atoms with van der Waals surface area (Å²) in [7, 11) is 1.36. The van der Waals surface area contributed by atoms with Gasteiger partial charge in [-0.1, -0.05) is 0 Å². The second-order valence-corrected chi connectivity index (χ2v) is 4.70. The van der Waals surface area contributed by atoms with Crippen LogP contribution in [0.3, 0.4) is 0 Å². The first-order chi connectivity index (χ1) is 8.61. The van der Waals surface area contributed by atoms with Crippen molar-refractivity contribution < 1.29 is 24.2 Å². The molecule has 1 saturated carbocycles. The van der Waals surface area contributed by atoms with Crippen LogP contribution in [0.25, 0.3) is 0 Å². The molecule has 1 fully saturated rings. The minimum absolute atomic E-state index is 0.0403. The first-order valence-corrected chi connectivity index (χ1v) is 6.56. The fourth-order valence-electron chi connectivity index (χ4n) is 2.05. The third-order valence-corrected chi connectivity index (χ3v) is 3.18. The van der Waals surface area contributed by atoms with Gasteiger partial charge in [-0.3, -0.25) is 9.59 Å². The molecule has 5 heteroatoms. The predicted octanol–water partition coefficient (Wildman–Crippen LogP) is 1.57. The second-order valence-electron chi connectivity index (χ2n) is 4.70. The Morgan fingerprint density at radius 1 is 1.06 bits per heavy atom. The Bertz CT molecular complexity index is 269. The molecule has 0 aliphatic heterocycles. The largest absolute Gasteiger partial charge is 0.469 e. The van der Waals surface area contributed by atoms with Crippen LogP contribution in [0, 0.1) is 0 Å². The summed E-state index contributed by atoms with van der Waals surface area (Å²) >= 11 is 0. The van der Waals surface area contributed by atoms with Gasteiger partial charge in [-0.2, -0.15) is 0 Å². The summed E-state index contributed by atoms with van der Waals surface area (Å²) in [6.07, 6.45) is 4.61. The Kier molecular flexibility index (Phi) is 6.72. The summed E-state index contributed by atoms with van der Waals surface area (Å²) in [4.78, 5) is 22.3. The summed E-state index contributed by atoms with van der Waals surface area (Å²) in [5.41, 5.74) is 0. The number of methoxy groups -OCH3 is 1. The van der Waals surface area contributed by atoms with Crippen LogP contribution >= 0.6 is 0 Å². The number of carbonyl (C=O) groups excluding carboxylic acids is 2. The van der Waals surface area contributed by atoms with Crippen LogP contribution in [-0.4, -0.2) is 36.4 Å². The molecular weight excluding hydrogens is 236 g/mol. The highest BCUT2D eigenvalue weighted by atomic mass is 16.5. The fraction of sp³-hybridized carbons (Fsp3) is 0.846. The highest BCUT2D eigenvalue weighted by Crippen LogP contribution is 2.21. The first kappa shape index (κ1) is 15.0. The zero-order valence-corrected chi connectivity index (χ0v) is 10.9. The van der Waals surface area contributed by atoms with Gasteiger partial charge >= 0.3 is 11.9 Å². The van der Waals surface area contributed by atoms with Crippen molar-refractivity contribution in [1.82, 2.24) is 0 Å². The van der Waals surface area contributed by atoms with E-state index < -0.39 is 0 Å². The van der Waals surface area contributed by atoms with Crippen LogP contribution < -0.4 is 0 Å². The molecule has 5 nitrogen and oxygen atoms in total. The highest BCUT2D eigenvalue weighted by Gasteiger charge is 2.22. The Balaban J connectivity index is 2.05. The number of carbonyl (C=O) groups is 2. The lowest BCUT2D eigenvalue weighted by Gasteiger charge is -2.25. The van der Waals surface area contributed by atoms with Crippen molar-refractivity contribution in [3.8, 4) is 0 Å². The molecule has 0 radical (unpaired) electrons. The molecule has 0 aromatic heterocycles. The van der Waals surface area contributed by atoms with E-state index in [0.29, 0.717) is 38.5 Å². The monoisotopic (exact) mass is 258 g/mol. The van der Waals surface area contributed by atoms with Crippen molar-refractivity contribution in [2.45, 2.75) is 63.6 Å². The van der Waals surface area contributed by atoms with E-state index in [1.165, 1.54) is 7.11 Å². The number of rotatable bonds is 6. The zero-order chi connectivity index (χ0) is 13.4. The number of unbranched alkanes of at least 4 members (excludes halogenated alkanes) is 1. The first-order valence-electron chi connectivity index (χ1n) is 6.56. The molecule has 0 unspecified atom stereocenters. The lowest BCUT2D eigenvalue weighted by Crippen LogP contribution is -2.26. The predicted molar refractivity (Wildman–Crippen MR) is 64.8 cm³/mol. The van der Waals surface area contributed by atoms with Crippen molar-refractivity contribution in [1.29, 1.82) is 0 Å². The number of aliphatic hydroxyl groups is 1. The van der Waals surface area contributed by atoms with Crippen molar-refractivity contribution in [3.63, 3.8) is 0 Å². The Labute approximate surface area is 107 Å². The van der Waals surface area contributed by atoms with Gasteiger partial charge in [0.15, 0.2) is 0 Å². The van der Waals surface area contributed by atoms with Crippen LogP contribution in [-0.2, 0) is 19.1 Å². The molecule has 0 aromatic rings. The van der Waals surface area contributed by atoms with E-state index in [4.69, 9.17) is 4.74 Å². The molecule has 104 valence electrons. The smallest absolute Gasteiger partial charge is 0.306 e. The third-order valence-electron chi connectivity index (χ3n) is 3.18. The van der Waals surface area contributed by atoms with E-state index in [1.54, 1.807) is 0 Å². The molecule has 18 heavy (non-hydrogen) atoms. The lowest BCUT2D eigenvalue weighted by molar-refractivity contribution is -0.152. The van der Waals surface area contributed by atoms with Crippen LogP contribution in [0.4, 0.5) is 0 Å². The summed E-state index contributed by atoms with van der Waals surface area (Å²) in [5, 5.41) is 9.33. The Morgan fingerprint density at radius 3 is 2.17 bits per heavy atom. The van der Waals surface area contributed by atoms with E-state index in [9.17, 15) is 14.7 Å².